The molecule has 3 aromatic rings. The van der Waals surface area contributed by atoms with Crippen molar-refractivity contribution < 1.29 is 9.53 Å². The molecule has 1 aliphatic heterocycles. The number of aryl methyl sites for hydroxylation is 4. The first kappa shape index (κ1) is 22.6. The van der Waals surface area contributed by atoms with Gasteiger partial charge in [-0.3, -0.25) is 14.2 Å². The highest BCUT2D eigenvalue weighted by Crippen LogP contribution is 2.36. The van der Waals surface area contributed by atoms with E-state index in [0.29, 0.717) is 31.5 Å². The van der Waals surface area contributed by atoms with E-state index >= 15 is 0 Å². The van der Waals surface area contributed by atoms with E-state index in [2.05, 4.69) is 6.07 Å². The third-order valence-electron chi connectivity index (χ3n) is 6.38. The summed E-state index contributed by atoms with van der Waals surface area (Å²) in [7, 11) is 0. The average Bonchev–Trinajstić information content (AvgIpc) is 3.17. The van der Waals surface area contributed by atoms with Crippen LogP contribution in [0.15, 0.2) is 28.2 Å². The molecular formula is C25H29N3O3S2. The lowest BCUT2D eigenvalue weighted by molar-refractivity contribution is -0.134. The van der Waals surface area contributed by atoms with Gasteiger partial charge in [-0.15, -0.1) is 11.3 Å². The van der Waals surface area contributed by atoms with Crippen LogP contribution in [-0.2, 0) is 22.4 Å². The number of ether oxygens (including phenoxy) is 1. The van der Waals surface area contributed by atoms with E-state index in [1.54, 1.807) is 15.9 Å². The molecule has 6 nitrogen and oxygen atoms in total. The molecule has 1 atom stereocenters. The Bertz CT molecular complexity index is 1250. The zero-order chi connectivity index (χ0) is 23.1. The molecule has 1 aliphatic carbocycles. The lowest BCUT2D eigenvalue weighted by atomic mass is 9.97. The number of fused-ring (bicyclic) bond motifs is 3. The highest BCUT2D eigenvalue weighted by molar-refractivity contribution is 8.00. The minimum Gasteiger partial charge on any atom is -0.378 e. The smallest absolute Gasteiger partial charge is 0.267 e. The number of nitrogens with zero attached hydrogens (tertiary/aromatic N) is 3. The van der Waals surface area contributed by atoms with Crippen LogP contribution in [0.25, 0.3) is 15.9 Å². The van der Waals surface area contributed by atoms with Crippen LogP contribution in [-0.4, -0.2) is 51.9 Å². The number of hydrogen-bond acceptors (Lipinski definition) is 6. The van der Waals surface area contributed by atoms with Gasteiger partial charge in [-0.05, 0) is 75.3 Å². The summed E-state index contributed by atoms with van der Waals surface area (Å²) in [5.41, 5.74) is 4.18. The second-order valence-corrected chi connectivity index (χ2v) is 11.4. The van der Waals surface area contributed by atoms with Crippen LogP contribution in [0.2, 0.25) is 0 Å². The summed E-state index contributed by atoms with van der Waals surface area (Å²) < 4.78 is 7.13. The molecule has 0 N–H and O–H groups in total. The number of thioether (sulfide) groups is 1. The van der Waals surface area contributed by atoms with Gasteiger partial charge in [-0.1, -0.05) is 17.8 Å². The Morgan fingerprint density at radius 1 is 1.12 bits per heavy atom. The van der Waals surface area contributed by atoms with Gasteiger partial charge in [0.15, 0.2) is 5.16 Å². The quantitative estimate of drug-likeness (QED) is 0.409. The predicted octanol–water partition coefficient (Wildman–Crippen LogP) is 4.28. The van der Waals surface area contributed by atoms with Crippen LogP contribution in [0.5, 0.6) is 0 Å². The van der Waals surface area contributed by atoms with Gasteiger partial charge in [0.05, 0.1) is 29.5 Å². The summed E-state index contributed by atoms with van der Waals surface area (Å²) in [6.07, 6.45) is 4.24. The van der Waals surface area contributed by atoms with E-state index in [-0.39, 0.29) is 16.7 Å². The number of hydrogen-bond donors (Lipinski definition) is 0. The Morgan fingerprint density at radius 2 is 1.82 bits per heavy atom. The van der Waals surface area contributed by atoms with Crippen LogP contribution in [0.3, 0.4) is 0 Å². The van der Waals surface area contributed by atoms with Crippen LogP contribution >= 0.6 is 23.1 Å². The first-order valence-corrected chi connectivity index (χ1v) is 13.3. The van der Waals surface area contributed by atoms with Crippen molar-refractivity contribution in [3.05, 3.63) is 50.1 Å². The van der Waals surface area contributed by atoms with E-state index in [0.717, 1.165) is 52.7 Å². The molecule has 33 heavy (non-hydrogen) atoms. The van der Waals surface area contributed by atoms with Crippen LogP contribution < -0.4 is 5.56 Å². The van der Waals surface area contributed by atoms with Crippen molar-refractivity contribution in [1.82, 2.24) is 14.5 Å². The molecule has 8 heteroatoms. The van der Waals surface area contributed by atoms with E-state index in [4.69, 9.17) is 9.72 Å². The summed E-state index contributed by atoms with van der Waals surface area (Å²) in [5, 5.41) is 1.01. The first-order valence-electron chi connectivity index (χ1n) is 11.6. The van der Waals surface area contributed by atoms with Crippen molar-refractivity contribution in [3.8, 4) is 5.69 Å². The molecule has 5 rings (SSSR count). The van der Waals surface area contributed by atoms with Gasteiger partial charge in [0, 0.05) is 18.0 Å². The van der Waals surface area contributed by atoms with E-state index in [1.165, 1.54) is 22.2 Å². The normalized spacial score (nSPS) is 17.2. The maximum absolute atomic E-state index is 14.0. The van der Waals surface area contributed by atoms with Crippen molar-refractivity contribution in [2.24, 2.45) is 0 Å². The third kappa shape index (κ3) is 4.36. The van der Waals surface area contributed by atoms with E-state index < -0.39 is 0 Å². The van der Waals surface area contributed by atoms with Crippen molar-refractivity contribution in [2.45, 2.75) is 56.9 Å². The maximum atomic E-state index is 14.0. The Kier molecular flexibility index (Phi) is 6.33. The molecule has 1 aromatic carbocycles. The molecular weight excluding hydrogens is 454 g/mol. The minimum atomic E-state index is -0.348. The summed E-state index contributed by atoms with van der Waals surface area (Å²) >= 11 is 3.03. The molecule has 2 aliphatic rings. The average molecular weight is 484 g/mol. The van der Waals surface area contributed by atoms with Crippen molar-refractivity contribution in [1.29, 1.82) is 0 Å². The Balaban J connectivity index is 1.63. The third-order valence-corrected chi connectivity index (χ3v) is 8.60. The number of morpholine rings is 1. The molecule has 0 spiro atoms. The fraction of sp³-hybridized carbons (Fsp3) is 0.480. The topological polar surface area (TPSA) is 64.4 Å². The zero-order valence-corrected chi connectivity index (χ0v) is 21.0. The van der Waals surface area contributed by atoms with Crippen LogP contribution in [0.1, 0.15) is 41.3 Å². The van der Waals surface area contributed by atoms with Crippen LogP contribution in [0, 0.1) is 13.8 Å². The number of rotatable bonds is 4. The van der Waals surface area contributed by atoms with Gasteiger partial charge in [-0.25, -0.2) is 4.98 Å². The molecule has 0 bridgehead atoms. The van der Waals surface area contributed by atoms with Crippen LogP contribution in [0.4, 0.5) is 0 Å². The van der Waals surface area contributed by atoms with Crippen molar-refractivity contribution >= 4 is 39.2 Å². The minimum absolute atomic E-state index is 0.0158. The fourth-order valence-corrected chi connectivity index (χ4v) is 7.14. The largest absolute Gasteiger partial charge is 0.378 e. The first-order chi connectivity index (χ1) is 15.9. The van der Waals surface area contributed by atoms with Gasteiger partial charge < -0.3 is 9.64 Å². The molecule has 3 heterocycles. The Hall–Kier alpha value is -2.16. The van der Waals surface area contributed by atoms with Gasteiger partial charge in [0.2, 0.25) is 5.91 Å². The Labute approximate surface area is 202 Å². The lowest BCUT2D eigenvalue weighted by Crippen LogP contribution is -2.44. The molecule has 1 amide bonds. The van der Waals surface area contributed by atoms with E-state index in [9.17, 15) is 9.59 Å². The number of thiophene rings is 1. The van der Waals surface area contributed by atoms with Gasteiger partial charge >= 0.3 is 0 Å². The SMILES string of the molecule is Cc1cc(C)cc(-n2c(SC(C)C(=O)N3CCOCC3)nc3sc4c(c3c2=O)CCCC4)c1. The highest BCUT2D eigenvalue weighted by Gasteiger charge is 2.27. The predicted molar refractivity (Wildman–Crippen MR) is 134 cm³/mol. The molecule has 1 fully saturated rings. The Morgan fingerprint density at radius 3 is 2.55 bits per heavy atom. The van der Waals surface area contributed by atoms with Gasteiger partial charge in [0.1, 0.15) is 4.83 Å². The summed E-state index contributed by atoms with van der Waals surface area (Å²) in [6, 6.07) is 6.16. The number of benzene rings is 1. The molecule has 1 saturated heterocycles. The second kappa shape index (κ2) is 9.24. The monoisotopic (exact) mass is 483 g/mol. The highest BCUT2D eigenvalue weighted by atomic mass is 32.2. The fourth-order valence-electron chi connectivity index (χ4n) is 4.82. The second-order valence-electron chi connectivity index (χ2n) is 8.97. The molecule has 1 unspecified atom stereocenters. The molecule has 2 aromatic heterocycles. The number of amides is 1. The lowest BCUT2D eigenvalue weighted by Gasteiger charge is -2.29. The van der Waals surface area contributed by atoms with Crippen molar-refractivity contribution in [2.75, 3.05) is 26.3 Å². The molecule has 174 valence electrons. The standard InChI is InChI=1S/C25H29N3O3S2/c1-15-12-16(2)14-18(13-15)28-24(30)21-19-6-4-5-7-20(19)33-22(21)26-25(28)32-17(3)23(29)27-8-10-31-11-9-27/h12-14,17H,4-11H2,1-3H3. The van der Waals surface area contributed by atoms with Crippen molar-refractivity contribution in [3.63, 3.8) is 0 Å². The van der Waals surface area contributed by atoms with E-state index in [1.807, 2.05) is 37.8 Å². The maximum Gasteiger partial charge on any atom is 0.267 e. The van der Waals surface area contributed by atoms with Gasteiger partial charge in [0.25, 0.3) is 5.56 Å². The molecule has 0 radical (unpaired) electrons. The summed E-state index contributed by atoms with van der Waals surface area (Å²) in [5.74, 6) is 0.0649. The number of aromatic nitrogens is 2. The number of carbonyl (C=O) groups is 1. The summed E-state index contributed by atoms with van der Waals surface area (Å²) in [6.45, 7) is 8.34. The molecule has 0 saturated carbocycles. The van der Waals surface area contributed by atoms with Gasteiger partial charge in [-0.2, -0.15) is 0 Å². The zero-order valence-electron chi connectivity index (χ0n) is 19.3. The number of carbonyl (C=O) groups excluding carboxylic acids is 1. The summed E-state index contributed by atoms with van der Waals surface area (Å²) in [4.78, 5) is 36.0.